The van der Waals surface area contributed by atoms with E-state index in [1.807, 2.05) is 23.1 Å². The number of pyridine rings is 1. The number of piperazine rings is 1. The summed E-state index contributed by atoms with van der Waals surface area (Å²) in [6.07, 6.45) is 3.13. The molecule has 1 N–H and O–H groups in total. The van der Waals surface area contributed by atoms with Gasteiger partial charge < -0.3 is 10.2 Å². The third-order valence-corrected chi connectivity index (χ3v) is 4.84. The summed E-state index contributed by atoms with van der Waals surface area (Å²) in [4.78, 5) is 21.1. The second-order valence-electron chi connectivity index (χ2n) is 6.85. The molecule has 5 nitrogen and oxygen atoms in total. The topological polar surface area (TPSA) is 48.5 Å². The van der Waals surface area contributed by atoms with E-state index < -0.39 is 0 Å². The minimum atomic E-state index is -0.229. The average molecular weight is 370 g/mol. The Morgan fingerprint density at radius 2 is 1.89 bits per heavy atom. The Hall–Kier alpha value is -2.31. The van der Waals surface area contributed by atoms with Crippen molar-refractivity contribution < 1.29 is 9.18 Å². The van der Waals surface area contributed by atoms with Crippen LogP contribution in [0.15, 0.2) is 48.7 Å². The lowest BCUT2D eigenvalue weighted by molar-refractivity contribution is -0.132. The molecule has 27 heavy (non-hydrogen) atoms. The van der Waals surface area contributed by atoms with Crippen molar-refractivity contribution in [2.24, 2.45) is 0 Å². The Morgan fingerprint density at radius 1 is 1.11 bits per heavy atom. The van der Waals surface area contributed by atoms with Gasteiger partial charge in [0.25, 0.3) is 0 Å². The predicted molar refractivity (Wildman–Crippen MR) is 104 cm³/mol. The van der Waals surface area contributed by atoms with Crippen LogP contribution in [0.3, 0.4) is 0 Å². The zero-order valence-electron chi connectivity index (χ0n) is 15.6. The van der Waals surface area contributed by atoms with Crippen LogP contribution in [0.25, 0.3) is 0 Å². The minimum absolute atomic E-state index is 0.207. The van der Waals surface area contributed by atoms with Gasteiger partial charge in [0.2, 0.25) is 5.91 Å². The molecule has 144 valence electrons. The van der Waals surface area contributed by atoms with Crippen LogP contribution in [0, 0.1) is 5.82 Å². The first-order valence-corrected chi connectivity index (χ1v) is 9.56. The molecule has 3 rings (SSSR count). The van der Waals surface area contributed by atoms with Crippen molar-refractivity contribution in [3.05, 3.63) is 65.7 Å². The van der Waals surface area contributed by atoms with Crippen molar-refractivity contribution in [1.82, 2.24) is 20.1 Å². The molecule has 1 aliphatic rings. The molecule has 1 aromatic carbocycles. The number of nitrogens with zero attached hydrogens (tertiary/aromatic N) is 3. The fourth-order valence-electron chi connectivity index (χ4n) is 3.26. The standard InChI is InChI=1S/C21H27FN4O/c22-19-6-4-18(5-7-19)17-25(13-8-20-3-1-2-10-24-20)14-9-21(27)26-15-11-23-12-16-26/h1-7,10,23H,8-9,11-17H2. The molecule has 0 spiro atoms. The van der Waals surface area contributed by atoms with Gasteiger partial charge in [-0.1, -0.05) is 18.2 Å². The Bertz CT molecular complexity index is 702. The summed E-state index contributed by atoms with van der Waals surface area (Å²) in [7, 11) is 0. The highest BCUT2D eigenvalue weighted by Crippen LogP contribution is 2.09. The van der Waals surface area contributed by atoms with Gasteiger partial charge in [-0.3, -0.25) is 14.7 Å². The summed E-state index contributed by atoms with van der Waals surface area (Å²) in [5, 5.41) is 3.27. The van der Waals surface area contributed by atoms with E-state index in [9.17, 15) is 9.18 Å². The van der Waals surface area contributed by atoms with E-state index in [0.717, 1.165) is 50.4 Å². The Morgan fingerprint density at radius 3 is 2.59 bits per heavy atom. The van der Waals surface area contributed by atoms with Crippen molar-refractivity contribution in [3.63, 3.8) is 0 Å². The van der Waals surface area contributed by atoms with Gasteiger partial charge >= 0.3 is 0 Å². The zero-order chi connectivity index (χ0) is 18.9. The maximum absolute atomic E-state index is 13.2. The van der Waals surface area contributed by atoms with E-state index in [-0.39, 0.29) is 11.7 Å². The van der Waals surface area contributed by atoms with Gasteiger partial charge in [0.15, 0.2) is 0 Å². The monoisotopic (exact) mass is 370 g/mol. The van der Waals surface area contributed by atoms with E-state index in [0.29, 0.717) is 19.5 Å². The number of nitrogens with one attached hydrogen (secondary N) is 1. The minimum Gasteiger partial charge on any atom is -0.340 e. The lowest BCUT2D eigenvalue weighted by Gasteiger charge is -2.29. The van der Waals surface area contributed by atoms with E-state index in [2.05, 4.69) is 15.2 Å². The molecule has 6 heteroatoms. The number of hydrogen-bond acceptors (Lipinski definition) is 4. The Balaban J connectivity index is 1.57. The highest BCUT2D eigenvalue weighted by Gasteiger charge is 2.17. The predicted octanol–water partition coefficient (Wildman–Crippen LogP) is 2.09. The van der Waals surface area contributed by atoms with Crippen LogP contribution in [0.1, 0.15) is 17.7 Å². The number of benzene rings is 1. The van der Waals surface area contributed by atoms with Gasteiger partial charge in [-0.15, -0.1) is 0 Å². The van der Waals surface area contributed by atoms with Crippen molar-refractivity contribution in [1.29, 1.82) is 0 Å². The van der Waals surface area contributed by atoms with Crippen LogP contribution in [0.2, 0.25) is 0 Å². The van der Waals surface area contributed by atoms with Gasteiger partial charge in [0.05, 0.1) is 0 Å². The summed E-state index contributed by atoms with van der Waals surface area (Å²) < 4.78 is 13.2. The third-order valence-electron chi connectivity index (χ3n) is 4.84. The molecule has 1 aromatic heterocycles. The highest BCUT2D eigenvalue weighted by molar-refractivity contribution is 5.76. The second kappa shape index (κ2) is 10.1. The average Bonchev–Trinajstić information content (AvgIpc) is 2.72. The van der Waals surface area contributed by atoms with Crippen molar-refractivity contribution >= 4 is 5.91 Å². The molecule has 0 aliphatic carbocycles. The van der Waals surface area contributed by atoms with Gasteiger partial charge in [0.1, 0.15) is 5.82 Å². The molecule has 2 heterocycles. The van der Waals surface area contributed by atoms with Crippen LogP contribution < -0.4 is 5.32 Å². The summed E-state index contributed by atoms with van der Waals surface area (Å²) in [6.45, 7) is 5.49. The fraction of sp³-hybridized carbons (Fsp3) is 0.429. The van der Waals surface area contributed by atoms with Crippen molar-refractivity contribution in [2.45, 2.75) is 19.4 Å². The first-order chi connectivity index (χ1) is 13.2. The van der Waals surface area contributed by atoms with Crippen molar-refractivity contribution in [3.8, 4) is 0 Å². The molecule has 2 aromatic rings. The maximum atomic E-state index is 13.2. The second-order valence-corrected chi connectivity index (χ2v) is 6.85. The Kier molecular flexibility index (Phi) is 7.30. The summed E-state index contributed by atoms with van der Waals surface area (Å²) in [6, 6.07) is 12.5. The maximum Gasteiger partial charge on any atom is 0.223 e. The molecular weight excluding hydrogens is 343 g/mol. The summed E-state index contributed by atoms with van der Waals surface area (Å²) in [5.74, 6) is -0.0221. The van der Waals surface area contributed by atoms with Gasteiger partial charge in [0, 0.05) is 70.5 Å². The molecule has 1 amide bonds. The molecule has 0 saturated carbocycles. The molecule has 1 fully saturated rings. The van der Waals surface area contributed by atoms with E-state index in [4.69, 9.17) is 0 Å². The molecule has 1 aliphatic heterocycles. The molecule has 0 bridgehead atoms. The van der Waals surface area contributed by atoms with Gasteiger partial charge in [-0.2, -0.15) is 0 Å². The van der Waals surface area contributed by atoms with Crippen LogP contribution in [-0.4, -0.2) is 60.0 Å². The first kappa shape index (κ1) is 19.5. The third kappa shape index (κ3) is 6.41. The fourth-order valence-corrected chi connectivity index (χ4v) is 3.26. The van der Waals surface area contributed by atoms with Crippen LogP contribution >= 0.6 is 0 Å². The smallest absolute Gasteiger partial charge is 0.223 e. The number of aromatic nitrogens is 1. The van der Waals surface area contributed by atoms with E-state index in [1.165, 1.54) is 12.1 Å². The zero-order valence-corrected chi connectivity index (χ0v) is 15.6. The number of rotatable bonds is 8. The van der Waals surface area contributed by atoms with Gasteiger partial charge in [-0.25, -0.2) is 4.39 Å². The highest BCUT2D eigenvalue weighted by atomic mass is 19.1. The SMILES string of the molecule is O=C(CCN(CCc1ccccn1)Cc1ccc(F)cc1)N1CCNCC1. The largest absolute Gasteiger partial charge is 0.340 e. The Labute approximate surface area is 160 Å². The normalized spacial score (nSPS) is 14.5. The number of hydrogen-bond donors (Lipinski definition) is 1. The van der Waals surface area contributed by atoms with Crippen LogP contribution in [0.5, 0.6) is 0 Å². The van der Waals surface area contributed by atoms with Gasteiger partial charge in [-0.05, 0) is 29.8 Å². The molecule has 0 unspecified atom stereocenters. The van der Waals surface area contributed by atoms with E-state index >= 15 is 0 Å². The first-order valence-electron chi connectivity index (χ1n) is 9.56. The van der Waals surface area contributed by atoms with Crippen LogP contribution in [-0.2, 0) is 17.8 Å². The molecule has 0 atom stereocenters. The number of halogens is 1. The number of carbonyl (C=O) groups is 1. The lowest BCUT2D eigenvalue weighted by Crippen LogP contribution is -2.47. The number of amides is 1. The summed E-state index contributed by atoms with van der Waals surface area (Å²) >= 11 is 0. The van der Waals surface area contributed by atoms with Crippen molar-refractivity contribution in [2.75, 3.05) is 39.3 Å². The number of carbonyl (C=O) groups excluding carboxylic acids is 1. The van der Waals surface area contributed by atoms with E-state index in [1.54, 1.807) is 18.3 Å². The van der Waals surface area contributed by atoms with Crippen LogP contribution in [0.4, 0.5) is 4.39 Å². The lowest BCUT2D eigenvalue weighted by atomic mass is 10.2. The quantitative estimate of drug-likeness (QED) is 0.773. The molecule has 0 radical (unpaired) electrons. The summed E-state index contributed by atoms with van der Waals surface area (Å²) in [5.41, 5.74) is 2.09. The molecular formula is C21H27FN4O. The molecule has 1 saturated heterocycles.